The number of thiazole rings is 1. The summed E-state index contributed by atoms with van der Waals surface area (Å²) < 4.78 is 38.4. The van der Waals surface area contributed by atoms with Crippen molar-refractivity contribution < 1.29 is 18.1 Å². The quantitative estimate of drug-likeness (QED) is 0.368. The molecule has 7 nitrogen and oxygen atoms in total. The normalized spacial score (nSPS) is 11.5. The number of nitro groups is 1. The number of nitrogens with one attached hydrogen (secondary N) is 2. The molecule has 0 atom stereocenters. The van der Waals surface area contributed by atoms with Crippen LogP contribution in [-0.2, 0) is 6.18 Å². The molecule has 126 valence electrons. The van der Waals surface area contributed by atoms with Gasteiger partial charge in [0.1, 0.15) is 6.20 Å². The van der Waals surface area contributed by atoms with Crippen LogP contribution in [0, 0.1) is 10.1 Å². The van der Waals surface area contributed by atoms with Crippen molar-refractivity contribution in [1.29, 1.82) is 0 Å². The maximum Gasteiger partial charge on any atom is 0.417 e. The van der Waals surface area contributed by atoms with Gasteiger partial charge in [0.2, 0.25) is 0 Å². The Balaban J connectivity index is 1.99. The van der Waals surface area contributed by atoms with Gasteiger partial charge in [-0.15, -0.1) is 0 Å². The highest BCUT2D eigenvalue weighted by molar-refractivity contribution is 7.80. The molecule has 0 amide bonds. The third-order valence-electron chi connectivity index (χ3n) is 2.53. The standard InChI is InChI=1S/C12H8F3N5O2S2/c13-12(14,15)8-4-2-1-3-7(8)5-17-19-10(23)18-11-16-6-9(24-11)20(21)22/h1-6H,(H2,16,18,19,23)/b17-5-. The highest BCUT2D eigenvalue weighted by atomic mass is 32.1. The first-order valence-corrected chi connectivity index (χ1v) is 7.36. The molecule has 0 unspecified atom stereocenters. The molecule has 2 N–H and O–H groups in total. The summed E-state index contributed by atoms with van der Waals surface area (Å²) in [6.45, 7) is 0. The molecular formula is C12H8F3N5O2S2. The van der Waals surface area contributed by atoms with Crippen LogP contribution in [0.25, 0.3) is 0 Å². The van der Waals surface area contributed by atoms with Crippen molar-refractivity contribution in [3.05, 3.63) is 51.7 Å². The number of anilines is 1. The van der Waals surface area contributed by atoms with Crippen LogP contribution in [-0.4, -0.2) is 21.2 Å². The highest BCUT2D eigenvalue weighted by Gasteiger charge is 2.32. The molecule has 0 spiro atoms. The van der Waals surface area contributed by atoms with E-state index < -0.39 is 16.7 Å². The van der Waals surface area contributed by atoms with Crippen molar-refractivity contribution in [2.75, 3.05) is 5.32 Å². The second-order valence-electron chi connectivity index (χ2n) is 4.17. The van der Waals surface area contributed by atoms with E-state index in [1.807, 2.05) is 0 Å². The van der Waals surface area contributed by atoms with Crippen molar-refractivity contribution in [2.24, 2.45) is 5.10 Å². The number of hydrazone groups is 1. The Morgan fingerprint density at radius 1 is 1.42 bits per heavy atom. The molecule has 0 bridgehead atoms. The summed E-state index contributed by atoms with van der Waals surface area (Å²) in [5.74, 6) is 0. The first kappa shape index (κ1) is 17.7. The Bertz CT molecular complexity index is 791. The summed E-state index contributed by atoms with van der Waals surface area (Å²) in [6, 6.07) is 4.91. The number of rotatable bonds is 4. The molecule has 0 aliphatic carbocycles. The second-order valence-corrected chi connectivity index (χ2v) is 5.59. The summed E-state index contributed by atoms with van der Waals surface area (Å²) in [5.41, 5.74) is 1.35. The van der Waals surface area contributed by atoms with Crippen LogP contribution in [0.4, 0.5) is 23.3 Å². The fourth-order valence-corrected chi connectivity index (χ4v) is 2.41. The van der Waals surface area contributed by atoms with Gasteiger partial charge in [-0.25, -0.2) is 4.98 Å². The topological polar surface area (TPSA) is 92.5 Å². The molecule has 2 rings (SSSR count). The van der Waals surface area contributed by atoms with Gasteiger partial charge in [0.15, 0.2) is 10.2 Å². The molecule has 0 saturated carbocycles. The van der Waals surface area contributed by atoms with E-state index >= 15 is 0 Å². The van der Waals surface area contributed by atoms with Crippen LogP contribution in [0.1, 0.15) is 11.1 Å². The van der Waals surface area contributed by atoms with E-state index in [1.165, 1.54) is 18.2 Å². The summed E-state index contributed by atoms with van der Waals surface area (Å²) in [7, 11) is 0. The van der Waals surface area contributed by atoms with Crippen LogP contribution in [0.2, 0.25) is 0 Å². The first-order valence-electron chi connectivity index (χ1n) is 6.14. The number of aromatic nitrogens is 1. The van der Waals surface area contributed by atoms with E-state index in [-0.39, 0.29) is 20.8 Å². The Morgan fingerprint density at radius 2 is 2.12 bits per heavy atom. The van der Waals surface area contributed by atoms with Gasteiger partial charge in [0.25, 0.3) is 0 Å². The summed E-state index contributed by atoms with van der Waals surface area (Å²) in [6.07, 6.45) is -2.47. The van der Waals surface area contributed by atoms with E-state index in [0.29, 0.717) is 0 Å². The van der Waals surface area contributed by atoms with Crippen molar-refractivity contribution in [3.8, 4) is 0 Å². The Kier molecular flexibility index (Phi) is 5.41. The zero-order valence-corrected chi connectivity index (χ0v) is 13.2. The van der Waals surface area contributed by atoms with E-state index in [2.05, 4.69) is 20.8 Å². The Hall–Kier alpha value is -2.60. The van der Waals surface area contributed by atoms with Gasteiger partial charge in [0.05, 0.1) is 16.7 Å². The first-order chi connectivity index (χ1) is 11.3. The molecular weight excluding hydrogens is 367 g/mol. The molecule has 1 heterocycles. The Labute approximate surface area is 142 Å². The zero-order valence-electron chi connectivity index (χ0n) is 11.6. The van der Waals surface area contributed by atoms with Gasteiger partial charge in [0, 0.05) is 5.56 Å². The third-order valence-corrected chi connectivity index (χ3v) is 3.59. The van der Waals surface area contributed by atoms with Gasteiger partial charge in [-0.1, -0.05) is 18.2 Å². The van der Waals surface area contributed by atoms with Gasteiger partial charge in [-0.3, -0.25) is 15.5 Å². The largest absolute Gasteiger partial charge is 0.417 e. The minimum atomic E-state index is -4.50. The van der Waals surface area contributed by atoms with Gasteiger partial charge < -0.3 is 5.32 Å². The van der Waals surface area contributed by atoms with Gasteiger partial charge in [-0.2, -0.15) is 18.3 Å². The predicted molar refractivity (Wildman–Crippen MR) is 87.2 cm³/mol. The number of alkyl halides is 3. The second kappa shape index (κ2) is 7.31. The molecule has 0 aliphatic rings. The molecule has 2 aromatic rings. The maximum atomic E-state index is 12.8. The lowest BCUT2D eigenvalue weighted by molar-refractivity contribution is -0.380. The SMILES string of the molecule is O=[N+]([O-])c1cnc(NC(=S)N/N=C\c2ccccc2C(F)(F)F)s1. The zero-order chi connectivity index (χ0) is 17.7. The van der Waals surface area contributed by atoms with Crippen LogP contribution < -0.4 is 10.7 Å². The molecule has 0 saturated heterocycles. The number of benzene rings is 1. The average Bonchev–Trinajstić information content (AvgIpc) is 2.95. The van der Waals surface area contributed by atoms with Gasteiger partial charge >= 0.3 is 11.2 Å². The number of nitrogens with zero attached hydrogens (tertiary/aromatic N) is 3. The molecule has 0 fully saturated rings. The third kappa shape index (κ3) is 4.70. The number of hydrogen-bond acceptors (Lipinski definition) is 6. The maximum absolute atomic E-state index is 12.8. The van der Waals surface area contributed by atoms with Gasteiger partial charge in [-0.05, 0) is 29.6 Å². The Morgan fingerprint density at radius 3 is 2.75 bits per heavy atom. The van der Waals surface area contributed by atoms with E-state index in [4.69, 9.17) is 12.2 Å². The van der Waals surface area contributed by atoms with Crippen molar-refractivity contribution in [1.82, 2.24) is 10.4 Å². The highest BCUT2D eigenvalue weighted by Crippen LogP contribution is 2.31. The van der Waals surface area contributed by atoms with E-state index in [1.54, 1.807) is 0 Å². The number of halogens is 3. The molecule has 1 aromatic heterocycles. The molecule has 12 heteroatoms. The summed E-state index contributed by atoms with van der Waals surface area (Å²) in [5, 5.41) is 16.6. The van der Waals surface area contributed by atoms with Crippen LogP contribution >= 0.6 is 23.6 Å². The smallest absolute Gasteiger partial charge is 0.307 e. The lowest BCUT2D eigenvalue weighted by Crippen LogP contribution is -2.23. The molecule has 0 aliphatic heterocycles. The minimum absolute atomic E-state index is 0.0695. The fourth-order valence-electron chi connectivity index (χ4n) is 1.56. The average molecular weight is 375 g/mol. The molecule has 0 radical (unpaired) electrons. The van der Waals surface area contributed by atoms with Crippen LogP contribution in [0.15, 0.2) is 35.6 Å². The monoisotopic (exact) mass is 375 g/mol. The van der Waals surface area contributed by atoms with Crippen molar-refractivity contribution in [2.45, 2.75) is 6.18 Å². The lowest BCUT2D eigenvalue weighted by Gasteiger charge is -2.09. The van der Waals surface area contributed by atoms with Crippen molar-refractivity contribution >= 4 is 45.0 Å². The van der Waals surface area contributed by atoms with Crippen LogP contribution in [0.5, 0.6) is 0 Å². The lowest BCUT2D eigenvalue weighted by atomic mass is 10.1. The fraction of sp³-hybridized carbons (Fsp3) is 0.0833. The molecule has 24 heavy (non-hydrogen) atoms. The van der Waals surface area contributed by atoms with E-state index in [9.17, 15) is 23.3 Å². The predicted octanol–water partition coefficient (Wildman–Crippen LogP) is 3.39. The molecule has 1 aromatic carbocycles. The number of hydrogen-bond donors (Lipinski definition) is 2. The van der Waals surface area contributed by atoms with Crippen molar-refractivity contribution in [3.63, 3.8) is 0 Å². The summed E-state index contributed by atoms with van der Waals surface area (Å²) in [4.78, 5) is 13.6. The number of thiocarbonyl (C=S) groups is 1. The minimum Gasteiger partial charge on any atom is -0.307 e. The summed E-state index contributed by atoms with van der Waals surface area (Å²) >= 11 is 5.63. The van der Waals surface area contributed by atoms with Crippen LogP contribution in [0.3, 0.4) is 0 Å². The van der Waals surface area contributed by atoms with E-state index in [0.717, 1.165) is 29.8 Å².